The summed E-state index contributed by atoms with van der Waals surface area (Å²) in [7, 11) is 0. The van der Waals surface area contributed by atoms with Crippen LogP contribution in [0.3, 0.4) is 0 Å². The molecule has 1 heterocycles. The molecule has 6 heteroatoms. The maximum absolute atomic E-state index is 13.4. The van der Waals surface area contributed by atoms with Crippen molar-refractivity contribution in [3.63, 3.8) is 0 Å². The van der Waals surface area contributed by atoms with Crippen molar-refractivity contribution < 1.29 is 9.31 Å². The molecule has 2 aromatic rings. The van der Waals surface area contributed by atoms with E-state index in [1.54, 1.807) is 6.07 Å². The minimum atomic E-state index is -0.673. The van der Waals surface area contributed by atoms with Gasteiger partial charge < -0.3 is 0 Å². The molecule has 0 amide bonds. The van der Waals surface area contributed by atoms with Crippen LogP contribution in [0.4, 0.5) is 10.1 Å². The summed E-state index contributed by atoms with van der Waals surface area (Å²) in [6.45, 7) is 0. The van der Waals surface area contributed by atoms with Crippen molar-refractivity contribution in [3.8, 4) is 5.69 Å². The maximum atomic E-state index is 13.4. The summed E-state index contributed by atoms with van der Waals surface area (Å²) in [5.41, 5.74) is -0.453. The average molecular weight is 207 g/mol. The van der Waals surface area contributed by atoms with Gasteiger partial charge in [-0.25, -0.2) is 9.07 Å². The fourth-order valence-corrected chi connectivity index (χ4v) is 1.28. The Morgan fingerprint density at radius 1 is 1.40 bits per heavy atom. The number of rotatable bonds is 2. The summed E-state index contributed by atoms with van der Waals surface area (Å²) in [6.07, 6.45) is 2.88. The van der Waals surface area contributed by atoms with Crippen LogP contribution in [0.2, 0.25) is 0 Å². The van der Waals surface area contributed by atoms with Gasteiger partial charge in [-0.3, -0.25) is 10.1 Å². The summed E-state index contributed by atoms with van der Waals surface area (Å²) in [6, 6.07) is 5.25. The second kappa shape index (κ2) is 3.49. The van der Waals surface area contributed by atoms with Crippen molar-refractivity contribution in [1.82, 2.24) is 9.78 Å². The van der Waals surface area contributed by atoms with Gasteiger partial charge in [0.25, 0.3) is 5.69 Å². The highest BCUT2D eigenvalue weighted by Crippen LogP contribution is 2.24. The van der Waals surface area contributed by atoms with Crippen LogP contribution in [-0.4, -0.2) is 14.7 Å². The Balaban J connectivity index is 2.68. The minimum Gasteiger partial charge on any atom is -0.258 e. The first kappa shape index (κ1) is 9.32. The van der Waals surface area contributed by atoms with E-state index in [0.717, 1.165) is 10.7 Å². The highest BCUT2D eigenvalue weighted by molar-refractivity contribution is 5.52. The molecule has 1 aromatic heterocycles. The van der Waals surface area contributed by atoms with Gasteiger partial charge in [0.2, 0.25) is 0 Å². The van der Waals surface area contributed by atoms with E-state index >= 15 is 0 Å². The number of nitro benzene ring substituents is 1. The zero-order valence-electron chi connectivity index (χ0n) is 7.50. The number of nitrogens with zero attached hydrogens (tertiary/aromatic N) is 3. The summed E-state index contributed by atoms with van der Waals surface area (Å²) in [5.74, 6) is -0.673. The van der Waals surface area contributed by atoms with Gasteiger partial charge in [-0.1, -0.05) is 6.07 Å². The highest BCUT2D eigenvalue weighted by atomic mass is 19.1. The highest BCUT2D eigenvalue weighted by Gasteiger charge is 2.19. The summed E-state index contributed by atoms with van der Waals surface area (Å²) >= 11 is 0. The van der Waals surface area contributed by atoms with Crippen LogP contribution in [0, 0.1) is 15.9 Å². The predicted octanol–water partition coefficient (Wildman–Crippen LogP) is 1.92. The minimum absolute atomic E-state index is 0.146. The molecule has 0 saturated heterocycles. The van der Waals surface area contributed by atoms with Crippen LogP contribution in [0.25, 0.3) is 5.69 Å². The lowest BCUT2D eigenvalue weighted by Crippen LogP contribution is -2.03. The third-order valence-electron chi connectivity index (χ3n) is 1.90. The zero-order chi connectivity index (χ0) is 10.8. The van der Waals surface area contributed by atoms with E-state index in [4.69, 9.17) is 0 Å². The van der Waals surface area contributed by atoms with Gasteiger partial charge in [0.05, 0.1) is 4.92 Å². The number of hydrogen-bond donors (Lipinski definition) is 0. The Morgan fingerprint density at radius 3 is 2.80 bits per heavy atom. The molecule has 0 aliphatic rings. The summed E-state index contributed by atoms with van der Waals surface area (Å²) in [5, 5.41) is 14.4. The van der Waals surface area contributed by atoms with Crippen molar-refractivity contribution in [2.45, 2.75) is 0 Å². The van der Waals surface area contributed by atoms with Gasteiger partial charge in [-0.05, 0) is 12.1 Å². The third kappa shape index (κ3) is 1.56. The molecule has 0 fully saturated rings. The second-order valence-corrected chi connectivity index (χ2v) is 2.82. The van der Waals surface area contributed by atoms with E-state index in [0.29, 0.717) is 0 Å². The smallest absolute Gasteiger partial charge is 0.258 e. The standard InChI is InChI=1S/C9H6FN3O2/c10-7-3-1-4-8(13(14)15)9(7)12-6-2-5-11-12/h1-6H. The zero-order valence-corrected chi connectivity index (χ0v) is 7.50. The molecule has 0 aliphatic heterocycles. The number of para-hydroxylation sites is 1. The van der Waals surface area contributed by atoms with Gasteiger partial charge in [0, 0.05) is 18.5 Å². The van der Waals surface area contributed by atoms with Crippen LogP contribution in [-0.2, 0) is 0 Å². The number of hydrogen-bond acceptors (Lipinski definition) is 3. The Morgan fingerprint density at radius 2 is 2.20 bits per heavy atom. The molecular weight excluding hydrogens is 201 g/mol. The average Bonchev–Trinajstić information content (AvgIpc) is 2.70. The molecule has 0 unspecified atom stereocenters. The van der Waals surface area contributed by atoms with E-state index < -0.39 is 10.7 Å². The van der Waals surface area contributed by atoms with E-state index in [-0.39, 0.29) is 11.4 Å². The quantitative estimate of drug-likeness (QED) is 0.558. The fraction of sp³-hybridized carbons (Fsp3) is 0. The van der Waals surface area contributed by atoms with E-state index in [2.05, 4.69) is 5.10 Å². The molecule has 5 nitrogen and oxygen atoms in total. The molecule has 0 saturated carbocycles. The van der Waals surface area contributed by atoms with Crippen LogP contribution in [0.15, 0.2) is 36.7 Å². The summed E-state index contributed by atoms with van der Waals surface area (Å²) in [4.78, 5) is 10.0. The van der Waals surface area contributed by atoms with Gasteiger partial charge in [0.15, 0.2) is 11.5 Å². The van der Waals surface area contributed by atoms with Gasteiger partial charge in [0.1, 0.15) is 0 Å². The van der Waals surface area contributed by atoms with E-state index in [9.17, 15) is 14.5 Å². The lowest BCUT2D eigenvalue weighted by Gasteiger charge is -2.03. The fourth-order valence-electron chi connectivity index (χ4n) is 1.28. The molecule has 2 rings (SSSR count). The molecule has 0 N–H and O–H groups in total. The first-order valence-electron chi connectivity index (χ1n) is 4.13. The molecule has 15 heavy (non-hydrogen) atoms. The van der Waals surface area contributed by atoms with Gasteiger partial charge in [-0.15, -0.1) is 0 Å². The third-order valence-corrected chi connectivity index (χ3v) is 1.90. The van der Waals surface area contributed by atoms with E-state index in [1.807, 2.05) is 0 Å². The number of benzene rings is 1. The SMILES string of the molecule is O=[N+]([O-])c1cccc(F)c1-n1cccn1. The normalized spacial score (nSPS) is 10.2. The first-order valence-corrected chi connectivity index (χ1v) is 4.13. The van der Waals surface area contributed by atoms with Crippen molar-refractivity contribution in [2.24, 2.45) is 0 Å². The molecule has 0 radical (unpaired) electrons. The molecule has 0 spiro atoms. The monoisotopic (exact) mass is 207 g/mol. The number of nitro groups is 1. The predicted molar refractivity (Wildman–Crippen MR) is 50.2 cm³/mol. The van der Waals surface area contributed by atoms with Crippen molar-refractivity contribution in [3.05, 3.63) is 52.6 Å². The lowest BCUT2D eigenvalue weighted by molar-refractivity contribution is -0.384. The number of aromatic nitrogens is 2. The van der Waals surface area contributed by atoms with Crippen molar-refractivity contribution >= 4 is 5.69 Å². The lowest BCUT2D eigenvalue weighted by atomic mass is 10.2. The topological polar surface area (TPSA) is 61.0 Å². The van der Waals surface area contributed by atoms with Gasteiger partial charge in [-0.2, -0.15) is 5.10 Å². The van der Waals surface area contributed by atoms with Crippen LogP contribution >= 0.6 is 0 Å². The maximum Gasteiger partial charge on any atom is 0.297 e. The first-order chi connectivity index (χ1) is 7.20. The Kier molecular flexibility index (Phi) is 2.17. The van der Waals surface area contributed by atoms with Crippen LogP contribution in [0.5, 0.6) is 0 Å². The summed E-state index contributed by atoms with van der Waals surface area (Å²) < 4.78 is 14.5. The molecule has 0 atom stereocenters. The second-order valence-electron chi connectivity index (χ2n) is 2.82. The Labute approximate surface area is 83.9 Å². The van der Waals surface area contributed by atoms with E-state index in [1.165, 1.54) is 24.5 Å². The van der Waals surface area contributed by atoms with Crippen LogP contribution in [0.1, 0.15) is 0 Å². The Bertz CT molecular complexity index is 496. The van der Waals surface area contributed by atoms with Gasteiger partial charge >= 0.3 is 0 Å². The molecule has 0 aliphatic carbocycles. The van der Waals surface area contributed by atoms with Crippen molar-refractivity contribution in [1.29, 1.82) is 0 Å². The molecule has 0 bridgehead atoms. The largest absolute Gasteiger partial charge is 0.297 e. The number of halogens is 1. The van der Waals surface area contributed by atoms with Crippen molar-refractivity contribution in [2.75, 3.05) is 0 Å². The van der Waals surface area contributed by atoms with Crippen LogP contribution < -0.4 is 0 Å². The molecule has 1 aromatic carbocycles. The molecule has 76 valence electrons. The molecular formula is C9H6FN3O2. The Hall–Kier alpha value is -2.24.